The molecule has 0 atom stereocenters. The summed E-state index contributed by atoms with van der Waals surface area (Å²) in [7, 11) is -0.436. The molecule has 21 heavy (non-hydrogen) atoms. The number of hydrogen-bond acceptors (Lipinski definition) is 3. The molecule has 2 rings (SSSR count). The van der Waals surface area contributed by atoms with Crippen LogP contribution < -0.4 is 10.8 Å². The summed E-state index contributed by atoms with van der Waals surface area (Å²) in [5.41, 5.74) is 0.754. The fraction of sp³-hybridized carbons (Fsp3) is 0.562. The number of carbonyl (C=O) groups excluding carboxylic acids is 1. The van der Waals surface area contributed by atoms with Crippen molar-refractivity contribution < 1.29 is 14.1 Å². The van der Waals surface area contributed by atoms with Gasteiger partial charge in [-0.3, -0.25) is 4.79 Å². The quantitative estimate of drug-likeness (QED) is 0.864. The fourth-order valence-electron chi connectivity index (χ4n) is 2.15. The molecular weight excluding hydrogens is 265 g/mol. The summed E-state index contributed by atoms with van der Waals surface area (Å²) in [4.78, 5) is 12.0. The van der Waals surface area contributed by atoms with E-state index in [9.17, 15) is 4.79 Å². The molecule has 0 unspecified atom stereocenters. The van der Waals surface area contributed by atoms with E-state index in [0.29, 0.717) is 12.1 Å². The highest BCUT2D eigenvalue weighted by Gasteiger charge is 2.51. The first-order valence-corrected chi connectivity index (χ1v) is 7.50. The summed E-state index contributed by atoms with van der Waals surface area (Å²) in [6.45, 7) is 10.8. The van der Waals surface area contributed by atoms with Crippen LogP contribution in [0, 0.1) is 0 Å². The topological polar surface area (TPSA) is 47.6 Å². The Balaban J connectivity index is 2.17. The minimum Gasteiger partial charge on any atom is -0.399 e. The van der Waals surface area contributed by atoms with Gasteiger partial charge in [0, 0.05) is 12.1 Å². The Bertz CT molecular complexity index is 512. The lowest BCUT2D eigenvalue weighted by atomic mass is 9.78. The average molecular weight is 289 g/mol. The summed E-state index contributed by atoms with van der Waals surface area (Å²) in [5, 5.41) is 2.88. The molecule has 0 aliphatic carbocycles. The van der Waals surface area contributed by atoms with E-state index in [4.69, 9.17) is 9.31 Å². The molecule has 4 nitrogen and oxygen atoms in total. The smallest absolute Gasteiger partial charge is 0.399 e. The van der Waals surface area contributed by atoms with Gasteiger partial charge in [0.2, 0.25) is 0 Å². The number of rotatable bonds is 4. The van der Waals surface area contributed by atoms with Crippen LogP contribution in [0.1, 0.15) is 51.4 Å². The number of hydrogen-bond donors (Lipinski definition) is 1. The van der Waals surface area contributed by atoms with Crippen molar-refractivity contribution in [1.29, 1.82) is 0 Å². The molecular formula is C16H24BNO3. The van der Waals surface area contributed by atoms with Crippen LogP contribution in [0.25, 0.3) is 0 Å². The average Bonchev–Trinajstić information content (AvgIpc) is 2.65. The lowest BCUT2D eigenvalue weighted by molar-refractivity contribution is 0.00578. The molecule has 1 fully saturated rings. The first kappa shape index (κ1) is 16.1. The Kier molecular flexibility index (Phi) is 4.44. The van der Waals surface area contributed by atoms with Crippen molar-refractivity contribution in [1.82, 2.24) is 5.32 Å². The van der Waals surface area contributed by atoms with E-state index in [1.807, 2.05) is 52.8 Å². The molecule has 0 bridgehead atoms. The van der Waals surface area contributed by atoms with Crippen LogP contribution in [0.3, 0.4) is 0 Å². The van der Waals surface area contributed by atoms with Gasteiger partial charge in [-0.25, -0.2) is 0 Å². The van der Waals surface area contributed by atoms with Crippen molar-refractivity contribution >= 4 is 18.5 Å². The molecule has 0 saturated carbocycles. The highest BCUT2D eigenvalue weighted by atomic mass is 16.7. The first-order valence-electron chi connectivity index (χ1n) is 7.50. The van der Waals surface area contributed by atoms with E-state index in [0.717, 1.165) is 11.9 Å². The second kappa shape index (κ2) is 5.81. The van der Waals surface area contributed by atoms with Crippen LogP contribution >= 0.6 is 0 Å². The molecule has 1 amide bonds. The van der Waals surface area contributed by atoms with Gasteiger partial charge < -0.3 is 14.6 Å². The third-order valence-corrected chi connectivity index (χ3v) is 4.21. The minimum atomic E-state index is -0.436. The van der Waals surface area contributed by atoms with Gasteiger partial charge in [-0.15, -0.1) is 0 Å². The Hall–Kier alpha value is -1.33. The van der Waals surface area contributed by atoms with E-state index in [1.54, 1.807) is 6.07 Å². The van der Waals surface area contributed by atoms with E-state index < -0.39 is 7.12 Å². The third kappa shape index (κ3) is 3.30. The molecule has 0 aromatic heterocycles. The maximum Gasteiger partial charge on any atom is 0.494 e. The fourth-order valence-corrected chi connectivity index (χ4v) is 2.15. The van der Waals surface area contributed by atoms with Crippen LogP contribution in [0.5, 0.6) is 0 Å². The van der Waals surface area contributed by atoms with Gasteiger partial charge in [-0.2, -0.15) is 0 Å². The van der Waals surface area contributed by atoms with E-state index in [2.05, 4.69) is 5.32 Å². The van der Waals surface area contributed by atoms with Crippen molar-refractivity contribution in [2.45, 2.75) is 52.2 Å². The molecule has 0 radical (unpaired) electrons. The van der Waals surface area contributed by atoms with Gasteiger partial charge >= 0.3 is 7.12 Å². The zero-order valence-electron chi connectivity index (χ0n) is 13.5. The number of nitrogens with one attached hydrogen (secondary N) is 1. The second-order valence-corrected chi connectivity index (χ2v) is 6.47. The maximum absolute atomic E-state index is 12.0. The van der Waals surface area contributed by atoms with E-state index >= 15 is 0 Å². The molecule has 1 heterocycles. The number of carbonyl (C=O) groups is 1. The van der Waals surface area contributed by atoms with Crippen LogP contribution in [0.15, 0.2) is 24.3 Å². The zero-order chi connectivity index (χ0) is 15.7. The molecule has 1 aliphatic rings. The van der Waals surface area contributed by atoms with Crippen molar-refractivity contribution in [2.24, 2.45) is 0 Å². The lowest BCUT2D eigenvalue weighted by Crippen LogP contribution is -2.41. The molecule has 1 saturated heterocycles. The predicted molar refractivity (Wildman–Crippen MR) is 84.8 cm³/mol. The monoisotopic (exact) mass is 289 g/mol. The Morgan fingerprint density at radius 2 is 1.81 bits per heavy atom. The van der Waals surface area contributed by atoms with Gasteiger partial charge in [-0.1, -0.05) is 19.1 Å². The Morgan fingerprint density at radius 3 is 2.38 bits per heavy atom. The highest BCUT2D eigenvalue weighted by Crippen LogP contribution is 2.36. The van der Waals surface area contributed by atoms with Gasteiger partial charge in [-0.05, 0) is 51.7 Å². The summed E-state index contributed by atoms with van der Waals surface area (Å²) in [5.74, 6) is -0.0600. The van der Waals surface area contributed by atoms with Gasteiger partial charge in [0.05, 0.1) is 11.2 Å². The highest BCUT2D eigenvalue weighted by molar-refractivity contribution is 6.62. The van der Waals surface area contributed by atoms with Crippen LogP contribution in [0.4, 0.5) is 0 Å². The van der Waals surface area contributed by atoms with Crippen molar-refractivity contribution in [3.05, 3.63) is 29.8 Å². The standard InChI is InChI=1S/C16H24BNO3/c1-6-10-18-14(19)12-8-7-9-13(11-12)17-20-15(2,3)16(4,5)21-17/h7-9,11H,6,10H2,1-5H3,(H,18,19). The van der Waals surface area contributed by atoms with Gasteiger partial charge in [0.15, 0.2) is 0 Å². The maximum atomic E-state index is 12.0. The first-order chi connectivity index (χ1) is 9.77. The van der Waals surface area contributed by atoms with E-state index in [-0.39, 0.29) is 17.1 Å². The molecule has 0 spiro atoms. The summed E-state index contributed by atoms with van der Waals surface area (Å²) in [6.07, 6.45) is 0.919. The molecule has 1 aromatic carbocycles. The van der Waals surface area contributed by atoms with E-state index in [1.165, 1.54) is 0 Å². The summed E-state index contributed by atoms with van der Waals surface area (Å²) < 4.78 is 12.0. The van der Waals surface area contributed by atoms with Crippen LogP contribution in [0.2, 0.25) is 0 Å². The summed E-state index contributed by atoms with van der Waals surface area (Å²) >= 11 is 0. The van der Waals surface area contributed by atoms with Crippen LogP contribution in [-0.2, 0) is 9.31 Å². The number of benzene rings is 1. The normalized spacial score (nSPS) is 19.6. The molecule has 1 aliphatic heterocycles. The largest absolute Gasteiger partial charge is 0.494 e. The zero-order valence-corrected chi connectivity index (χ0v) is 13.5. The lowest BCUT2D eigenvalue weighted by Gasteiger charge is -2.32. The molecule has 1 N–H and O–H groups in total. The summed E-state index contributed by atoms with van der Waals surface area (Å²) in [6, 6.07) is 7.44. The van der Waals surface area contributed by atoms with Crippen molar-refractivity contribution in [3.8, 4) is 0 Å². The number of amides is 1. The Labute approximate surface area is 127 Å². The van der Waals surface area contributed by atoms with Gasteiger partial charge in [0.25, 0.3) is 5.91 Å². The second-order valence-electron chi connectivity index (χ2n) is 6.47. The Morgan fingerprint density at radius 1 is 1.19 bits per heavy atom. The minimum absolute atomic E-state index is 0.0600. The molecule has 1 aromatic rings. The predicted octanol–water partition coefficient (Wildman–Crippen LogP) is 2.13. The van der Waals surface area contributed by atoms with Crippen molar-refractivity contribution in [2.75, 3.05) is 6.54 Å². The molecule has 5 heteroatoms. The molecule has 114 valence electrons. The SMILES string of the molecule is CCCNC(=O)c1cccc(B2OC(C)(C)C(C)(C)O2)c1. The van der Waals surface area contributed by atoms with Gasteiger partial charge in [0.1, 0.15) is 0 Å². The van der Waals surface area contributed by atoms with Crippen LogP contribution in [-0.4, -0.2) is 30.8 Å². The third-order valence-electron chi connectivity index (χ3n) is 4.21. The van der Waals surface area contributed by atoms with Crippen molar-refractivity contribution in [3.63, 3.8) is 0 Å².